The summed E-state index contributed by atoms with van der Waals surface area (Å²) in [6.07, 6.45) is -0.726. The van der Waals surface area contributed by atoms with Crippen molar-refractivity contribution < 1.29 is 14.6 Å². The van der Waals surface area contributed by atoms with Gasteiger partial charge in [0.05, 0.1) is 19.6 Å². The molecule has 17 heavy (non-hydrogen) atoms. The highest BCUT2D eigenvalue weighted by atomic mass is 16.5. The predicted octanol–water partition coefficient (Wildman–Crippen LogP) is 1.64. The van der Waals surface area contributed by atoms with Crippen LogP contribution in [-0.2, 0) is 9.53 Å². The highest BCUT2D eigenvalue weighted by Crippen LogP contribution is 2.19. The Bertz CT molecular complexity index is 370. The third kappa shape index (κ3) is 4.07. The molecule has 2 N–H and O–H groups in total. The number of rotatable bonds is 5. The van der Waals surface area contributed by atoms with E-state index in [2.05, 4.69) is 10.1 Å². The van der Waals surface area contributed by atoms with Gasteiger partial charge in [0, 0.05) is 12.2 Å². The molecule has 4 heteroatoms. The highest BCUT2D eigenvalue weighted by molar-refractivity contribution is 5.69. The van der Waals surface area contributed by atoms with Gasteiger partial charge in [-0.2, -0.15) is 0 Å². The summed E-state index contributed by atoms with van der Waals surface area (Å²) in [5, 5.41) is 12.8. The van der Waals surface area contributed by atoms with Crippen LogP contribution >= 0.6 is 0 Å². The molecule has 0 aliphatic carbocycles. The zero-order chi connectivity index (χ0) is 12.8. The van der Waals surface area contributed by atoms with E-state index in [1.807, 2.05) is 32.0 Å². The van der Waals surface area contributed by atoms with E-state index in [1.54, 1.807) is 0 Å². The van der Waals surface area contributed by atoms with Crippen molar-refractivity contribution in [3.63, 3.8) is 0 Å². The highest BCUT2D eigenvalue weighted by Gasteiger charge is 2.11. The van der Waals surface area contributed by atoms with E-state index in [0.29, 0.717) is 6.54 Å². The number of methoxy groups -OCH3 is 1. The number of hydrogen-bond acceptors (Lipinski definition) is 4. The van der Waals surface area contributed by atoms with Crippen molar-refractivity contribution >= 4 is 11.7 Å². The molecule has 1 aromatic rings. The summed E-state index contributed by atoms with van der Waals surface area (Å²) in [6, 6.07) is 5.99. The standard InChI is InChI=1S/C13H19NO3/c1-9-5-4-6-10(2)13(9)14-8-11(15)7-12(16)17-3/h4-6,11,14-15H,7-8H2,1-3H3. The van der Waals surface area contributed by atoms with Gasteiger partial charge in [0.15, 0.2) is 0 Å². The molecule has 0 fully saturated rings. The summed E-state index contributed by atoms with van der Waals surface area (Å²) in [4.78, 5) is 11.0. The molecule has 1 rings (SSSR count). The number of benzene rings is 1. The van der Waals surface area contributed by atoms with Gasteiger partial charge in [0.2, 0.25) is 0 Å². The Balaban J connectivity index is 2.53. The maximum absolute atomic E-state index is 11.0. The van der Waals surface area contributed by atoms with E-state index in [-0.39, 0.29) is 6.42 Å². The molecule has 0 spiro atoms. The van der Waals surface area contributed by atoms with Gasteiger partial charge in [-0.25, -0.2) is 0 Å². The van der Waals surface area contributed by atoms with Crippen LogP contribution in [0.3, 0.4) is 0 Å². The minimum absolute atomic E-state index is 0.00836. The van der Waals surface area contributed by atoms with E-state index in [9.17, 15) is 9.90 Å². The van der Waals surface area contributed by atoms with Crippen LogP contribution < -0.4 is 5.32 Å². The van der Waals surface area contributed by atoms with Crippen molar-refractivity contribution in [2.75, 3.05) is 19.0 Å². The summed E-state index contributed by atoms with van der Waals surface area (Å²) in [5.74, 6) is -0.402. The third-order valence-corrected chi connectivity index (χ3v) is 2.63. The molecule has 4 nitrogen and oxygen atoms in total. The minimum atomic E-state index is -0.735. The topological polar surface area (TPSA) is 58.6 Å². The second-order valence-electron chi connectivity index (χ2n) is 4.08. The quantitative estimate of drug-likeness (QED) is 0.764. The number of aliphatic hydroxyl groups excluding tert-OH is 1. The van der Waals surface area contributed by atoms with Gasteiger partial charge in [-0.3, -0.25) is 4.79 Å². The second kappa shape index (κ2) is 6.25. The maximum atomic E-state index is 11.0. The molecule has 0 amide bonds. The molecule has 1 unspecified atom stereocenters. The number of para-hydroxylation sites is 1. The number of nitrogens with one attached hydrogen (secondary N) is 1. The molecule has 0 aromatic heterocycles. The van der Waals surface area contributed by atoms with Gasteiger partial charge < -0.3 is 15.2 Å². The molecular formula is C13H19NO3. The normalized spacial score (nSPS) is 12.0. The Morgan fingerprint density at radius 2 is 2.00 bits per heavy atom. The van der Waals surface area contributed by atoms with Gasteiger partial charge in [-0.1, -0.05) is 18.2 Å². The van der Waals surface area contributed by atoms with Gasteiger partial charge in [-0.15, -0.1) is 0 Å². The van der Waals surface area contributed by atoms with Crippen molar-refractivity contribution in [2.24, 2.45) is 0 Å². The molecule has 0 heterocycles. The van der Waals surface area contributed by atoms with E-state index in [0.717, 1.165) is 16.8 Å². The first-order valence-corrected chi connectivity index (χ1v) is 5.59. The van der Waals surface area contributed by atoms with Crippen LogP contribution in [0.15, 0.2) is 18.2 Å². The summed E-state index contributed by atoms with van der Waals surface area (Å²) < 4.78 is 4.49. The van der Waals surface area contributed by atoms with Crippen LogP contribution in [0.25, 0.3) is 0 Å². The number of aliphatic hydroxyl groups is 1. The van der Waals surface area contributed by atoms with E-state index < -0.39 is 12.1 Å². The third-order valence-electron chi connectivity index (χ3n) is 2.63. The lowest BCUT2D eigenvalue weighted by molar-refractivity contribution is -0.142. The number of carbonyl (C=O) groups is 1. The number of ether oxygens (including phenoxy) is 1. The lowest BCUT2D eigenvalue weighted by Crippen LogP contribution is -2.23. The average Bonchev–Trinajstić information content (AvgIpc) is 2.28. The molecule has 94 valence electrons. The number of esters is 1. The fraction of sp³-hybridized carbons (Fsp3) is 0.462. The SMILES string of the molecule is COC(=O)CC(O)CNc1c(C)cccc1C. The zero-order valence-electron chi connectivity index (χ0n) is 10.5. The Morgan fingerprint density at radius 3 is 2.53 bits per heavy atom. The average molecular weight is 237 g/mol. The van der Waals surface area contributed by atoms with Gasteiger partial charge in [-0.05, 0) is 25.0 Å². The predicted molar refractivity (Wildman–Crippen MR) is 67.0 cm³/mol. The van der Waals surface area contributed by atoms with Gasteiger partial charge >= 0.3 is 5.97 Å². The number of carbonyl (C=O) groups excluding carboxylic acids is 1. The molecule has 0 radical (unpaired) electrons. The molecule has 1 atom stereocenters. The summed E-state index contributed by atoms with van der Waals surface area (Å²) >= 11 is 0. The molecular weight excluding hydrogens is 218 g/mol. The first-order chi connectivity index (χ1) is 8.04. The molecule has 0 aliphatic heterocycles. The lowest BCUT2D eigenvalue weighted by atomic mass is 10.1. The van der Waals surface area contributed by atoms with E-state index >= 15 is 0 Å². The molecule has 0 aliphatic rings. The van der Waals surface area contributed by atoms with E-state index in [1.165, 1.54) is 7.11 Å². The van der Waals surface area contributed by atoms with Crippen LogP contribution in [-0.4, -0.2) is 30.8 Å². The minimum Gasteiger partial charge on any atom is -0.469 e. The van der Waals surface area contributed by atoms with Crippen molar-refractivity contribution in [3.05, 3.63) is 29.3 Å². The fourth-order valence-electron chi connectivity index (χ4n) is 1.66. The van der Waals surface area contributed by atoms with Crippen LogP contribution in [0, 0.1) is 13.8 Å². The largest absolute Gasteiger partial charge is 0.469 e. The van der Waals surface area contributed by atoms with Crippen LogP contribution in [0.5, 0.6) is 0 Å². The zero-order valence-corrected chi connectivity index (χ0v) is 10.5. The Hall–Kier alpha value is -1.55. The second-order valence-corrected chi connectivity index (χ2v) is 4.08. The molecule has 0 saturated heterocycles. The number of anilines is 1. The van der Waals surface area contributed by atoms with Crippen molar-refractivity contribution in [1.82, 2.24) is 0 Å². The van der Waals surface area contributed by atoms with Crippen LogP contribution in [0.4, 0.5) is 5.69 Å². The van der Waals surface area contributed by atoms with Crippen molar-refractivity contribution in [3.8, 4) is 0 Å². The molecule has 0 bridgehead atoms. The summed E-state index contributed by atoms with van der Waals surface area (Å²) in [7, 11) is 1.31. The fourth-order valence-corrected chi connectivity index (χ4v) is 1.66. The Morgan fingerprint density at radius 1 is 1.41 bits per heavy atom. The smallest absolute Gasteiger partial charge is 0.308 e. The Kier molecular flexibility index (Phi) is 4.97. The monoisotopic (exact) mass is 237 g/mol. The van der Waals surface area contributed by atoms with Crippen LogP contribution in [0.1, 0.15) is 17.5 Å². The summed E-state index contributed by atoms with van der Waals surface area (Å²) in [6.45, 7) is 4.34. The molecule has 0 saturated carbocycles. The first-order valence-electron chi connectivity index (χ1n) is 5.59. The Labute approximate surface area is 102 Å². The lowest BCUT2D eigenvalue weighted by Gasteiger charge is -2.15. The molecule has 1 aromatic carbocycles. The van der Waals surface area contributed by atoms with Gasteiger partial charge in [0.25, 0.3) is 0 Å². The first kappa shape index (κ1) is 13.5. The number of aryl methyl sites for hydroxylation is 2. The van der Waals surface area contributed by atoms with E-state index in [4.69, 9.17) is 0 Å². The van der Waals surface area contributed by atoms with Gasteiger partial charge in [0.1, 0.15) is 0 Å². The van der Waals surface area contributed by atoms with Crippen LogP contribution in [0.2, 0.25) is 0 Å². The maximum Gasteiger partial charge on any atom is 0.308 e. The summed E-state index contributed by atoms with van der Waals surface area (Å²) in [5.41, 5.74) is 3.25. The number of hydrogen-bond donors (Lipinski definition) is 2. The van der Waals surface area contributed by atoms with Crippen molar-refractivity contribution in [1.29, 1.82) is 0 Å². The van der Waals surface area contributed by atoms with Crippen molar-refractivity contribution in [2.45, 2.75) is 26.4 Å².